The van der Waals surface area contributed by atoms with Gasteiger partial charge in [0.1, 0.15) is 11.8 Å². The first-order valence-corrected chi connectivity index (χ1v) is 16.4. The van der Waals surface area contributed by atoms with Gasteiger partial charge in [0.05, 0.1) is 18.8 Å². The molecule has 1 fully saturated rings. The highest BCUT2D eigenvalue weighted by Crippen LogP contribution is 2.53. The van der Waals surface area contributed by atoms with Crippen LogP contribution in [0.25, 0.3) is 0 Å². The van der Waals surface area contributed by atoms with Crippen molar-refractivity contribution in [2.24, 2.45) is 5.92 Å². The topological polar surface area (TPSA) is 160 Å². The number of aliphatic carboxylic acids is 1. The van der Waals surface area contributed by atoms with Crippen molar-refractivity contribution in [2.75, 3.05) is 17.7 Å². The molecule has 0 aromatic heterocycles. The Bertz CT molecular complexity index is 1870. The van der Waals surface area contributed by atoms with Gasteiger partial charge in [-0.05, 0) is 54.2 Å². The lowest BCUT2D eigenvalue weighted by atomic mass is 9.93. The zero-order valence-electron chi connectivity index (χ0n) is 29.3. The summed E-state index contributed by atoms with van der Waals surface area (Å²) in [4.78, 5) is 64.5. The lowest BCUT2D eigenvalue weighted by molar-refractivity contribution is -0.315. The summed E-state index contributed by atoms with van der Waals surface area (Å²) in [5.74, 6) is -6.68. The number of nitrogens with one attached hydrogen (secondary N) is 3. The van der Waals surface area contributed by atoms with Gasteiger partial charge < -0.3 is 30.6 Å². The number of hydrogen-bond donors (Lipinski definition) is 3. The molecule has 0 spiro atoms. The van der Waals surface area contributed by atoms with Crippen molar-refractivity contribution in [1.29, 1.82) is 0 Å². The normalized spacial score (nSPS) is 15.5. The molecule has 1 saturated heterocycles. The molecule has 1 aliphatic rings. The maximum Gasteiger partial charge on any atom is 0.430 e. The Labute approximate surface area is 305 Å². The van der Waals surface area contributed by atoms with Crippen molar-refractivity contribution < 1.29 is 60.2 Å². The summed E-state index contributed by atoms with van der Waals surface area (Å²) in [6.07, 6.45) is -14.3. The molecule has 3 aromatic rings. The summed E-state index contributed by atoms with van der Waals surface area (Å²) in [7, 11) is 1.11. The average molecular weight is 765 g/mol. The third kappa shape index (κ3) is 8.36. The molecule has 6 amide bonds. The Morgan fingerprint density at radius 1 is 0.870 bits per heavy atom. The predicted octanol–water partition coefficient (Wildman–Crippen LogP) is 5.69. The monoisotopic (exact) mass is 764 g/mol. The lowest BCUT2D eigenvalue weighted by Gasteiger charge is -2.37. The molecule has 3 N–H and O–H groups in total. The number of amides is 6. The Morgan fingerprint density at radius 3 is 2.02 bits per heavy atom. The fourth-order valence-electron chi connectivity index (χ4n) is 6.08. The number of alkyl halides is 6. The maximum absolute atomic E-state index is 14.9. The van der Waals surface area contributed by atoms with Crippen molar-refractivity contribution in [3.05, 3.63) is 89.5 Å². The van der Waals surface area contributed by atoms with E-state index in [0.29, 0.717) is 11.3 Å². The smallest absolute Gasteiger partial charge is 0.430 e. The van der Waals surface area contributed by atoms with Crippen LogP contribution in [0.4, 0.5) is 47.3 Å². The first-order chi connectivity index (χ1) is 25.2. The van der Waals surface area contributed by atoms with E-state index in [1.807, 2.05) is 0 Å². The van der Waals surface area contributed by atoms with Gasteiger partial charge in [-0.15, -0.1) is 0 Å². The lowest BCUT2D eigenvalue weighted by Crippen LogP contribution is -2.69. The third-order valence-corrected chi connectivity index (χ3v) is 8.64. The molecule has 12 nitrogen and oxygen atoms in total. The number of benzene rings is 3. The highest BCUT2D eigenvalue weighted by Gasteiger charge is 2.84. The van der Waals surface area contributed by atoms with E-state index in [4.69, 9.17) is 4.74 Å². The second-order valence-electron chi connectivity index (χ2n) is 12.9. The van der Waals surface area contributed by atoms with Crippen molar-refractivity contribution in [3.8, 4) is 5.75 Å². The van der Waals surface area contributed by atoms with E-state index in [-0.39, 0.29) is 27.5 Å². The molecular formula is C36H36F6N5O7-. The Balaban J connectivity index is 1.75. The number of para-hydroxylation sites is 1. The van der Waals surface area contributed by atoms with Gasteiger partial charge in [-0.3, -0.25) is 14.5 Å². The predicted molar refractivity (Wildman–Crippen MR) is 180 cm³/mol. The van der Waals surface area contributed by atoms with Crippen LogP contribution in [0, 0.1) is 12.8 Å². The second kappa shape index (κ2) is 16.1. The van der Waals surface area contributed by atoms with Gasteiger partial charge in [0.25, 0.3) is 5.91 Å². The number of carbonyl (C=O) groups excluding carboxylic acids is 5. The van der Waals surface area contributed by atoms with Crippen molar-refractivity contribution in [3.63, 3.8) is 0 Å². The number of anilines is 2. The largest absolute Gasteiger partial charge is 0.550 e. The summed E-state index contributed by atoms with van der Waals surface area (Å²) in [6.45, 7) is 3.17. The summed E-state index contributed by atoms with van der Waals surface area (Å²) >= 11 is 0. The van der Waals surface area contributed by atoms with Crippen LogP contribution in [-0.2, 0) is 20.9 Å². The van der Waals surface area contributed by atoms with Gasteiger partial charge in [0.2, 0.25) is 5.91 Å². The average Bonchev–Trinajstić information content (AvgIpc) is 3.30. The van der Waals surface area contributed by atoms with Crippen LogP contribution in [0.2, 0.25) is 0 Å². The number of ether oxygens (including phenoxy) is 1. The van der Waals surface area contributed by atoms with Crippen LogP contribution < -0.4 is 25.8 Å². The van der Waals surface area contributed by atoms with E-state index in [9.17, 15) is 55.4 Å². The zero-order valence-corrected chi connectivity index (χ0v) is 29.3. The number of carboxylic acids is 1. The molecular weight excluding hydrogens is 728 g/mol. The number of nitrogens with zero attached hydrogens (tertiary/aromatic N) is 2. The fourth-order valence-corrected chi connectivity index (χ4v) is 6.08. The molecule has 0 saturated carbocycles. The van der Waals surface area contributed by atoms with Crippen LogP contribution in [0.3, 0.4) is 0 Å². The van der Waals surface area contributed by atoms with Crippen LogP contribution in [0.5, 0.6) is 5.75 Å². The summed E-state index contributed by atoms with van der Waals surface area (Å²) in [5.41, 5.74) is -4.50. The van der Waals surface area contributed by atoms with E-state index < -0.39 is 90.0 Å². The number of methoxy groups -OCH3 is 1. The molecule has 18 heteroatoms. The minimum Gasteiger partial charge on any atom is -0.550 e. The molecule has 3 aromatic carbocycles. The molecule has 54 heavy (non-hydrogen) atoms. The van der Waals surface area contributed by atoms with Crippen molar-refractivity contribution in [2.45, 2.75) is 70.1 Å². The van der Waals surface area contributed by atoms with Gasteiger partial charge in [-0.2, -0.15) is 26.3 Å². The second-order valence-corrected chi connectivity index (χ2v) is 12.9. The van der Waals surface area contributed by atoms with E-state index in [1.165, 1.54) is 38.1 Å². The van der Waals surface area contributed by atoms with Gasteiger partial charge in [-0.1, -0.05) is 68.4 Å². The maximum atomic E-state index is 14.9. The van der Waals surface area contributed by atoms with Crippen molar-refractivity contribution in [1.82, 2.24) is 15.1 Å². The van der Waals surface area contributed by atoms with Crippen LogP contribution in [0.1, 0.15) is 49.4 Å². The van der Waals surface area contributed by atoms with Crippen LogP contribution in [0.15, 0.2) is 72.8 Å². The Morgan fingerprint density at radius 2 is 1.46 bits per heavy atom. The number of aryl methyl sites for hydroxylation is 1. The van der Waals surface area contributed by atoms with Crippen LogP contribution in [-0.4, -0.2) is 70.7 Å². The standard InChI is InChI=1S/C36H37F6N5O7/c1-20(2)16-27(30(50)43-26(18-29(48)49)23-11-6-5-7-12-23)47-31(51)34(35(37,38)39,36(40,41)42)46(33(47)53)19-22-14-15-25(28(17-22)54-4)45-32(52)44-24-13-9-8-10-21(24)3/h5-15,17,20,26-27H,16,18-19H2,1-4H3,(H,43,50)(H,48,49)(H2,44,45,52)/p-1/t26-,27-/m0/s1. The summed E-state index contributed by atoms with van der Waals surface area (Å²) in [6, 6.07) is 10.7. The van der Waals surface area contributed by atoms with Crippen molar-refractivity contribution >= 4 is 41.2 Å². The number of hydrogen-bond acceptors (Lipinski definition) is 7. The molecule has 290 valence electrons. The minimum atomic E-state index is -6.45. The molecule has 1 aliphatic heterocycles. The third-order valence-electron chi connectivity index (χ3n) is 8.64. The number of rotatable bonds is 13. The molecule has 1 heterocycles. The molecule has 0 radical (unpaired) electrons. The van der Waals surface area contributed by atoms with E-state index in [0.717, 1.165) is 25.3 Å². The number of halogens is 6. The van der Waals surface area contributed by atoms with E-state index in [2.05, 4.69) is 16.0 Å². The zero-order chi connectivity index (χ0) is 40.2. The number of carboxylic acid groups (broad SMARTS) is 1. The first kappa shape index (κ1) is 41.0. The quantitative estimate of drug-likeness (QED) is 0.149. The summed E-state index contributed by atoms with van der Waals surface area (Å²) in [5, 5.41) is 18.9. The van der Waals surface area contributed by atoms with E-state index in [1.54, 1.807) is 37.3 Å². The molecule has 4 rings (SSSR count). The van der Waals surface area contributed by atoms with Gasteiger partial charge >= 0.3 is 30.0 Å². The molecule has 0 aliphatic carbocycles. The van der Waals surface area contributed by atoms with Gasteiger partial charge in [-0.25, -0.2) is 14.5 Å². The van der Waals surface area contributed by atoms with Gasteiger partial charge in [0, 0.05) is 24.6 Å². The highest BCUT2D eigenvalue weighted by atomic mass is 19.4. The first-order valence-electron chi connectivity index (χ1n) is 16.4. The molecule has 2 atom stereocenters. The highest BCUT2D eigenvalue weighted by molar-refractivity contribution is 6.11. The number of imide groups is 1. The Hall–Kier alpha value is -5.81. The number of urea groups is 2. The summed E-state index contributed by atoms with van der Waals surface area (Å²) < 4.78 is 94.7. The SMILES string of the molecule is COc1cc(CN2C(=O)N([C@@H](CC(C)C)C(=O)N[C@@H](CC(=O)[O-])c3ccccc3)C(=O)C2(C(F)(F)F)C(F)(F)F)ccc1NC(=O)Nc1ccccc1C. The van der Waals surface area contributed by atoms with Crippen LogP contribution >= 0.6 is 0 Å². The Kier molecular flexibility index (Phi) is 12.2. The number of carbonyl (C=O) groups is 5. The van der Waals surface area contributed by atoms with Gasteiger partial charge in [0.15, 0.2) is 0 Å². The molecule has 0 bridgehead atoms. The molecule has 0 unspecified atom stereocenters. The van der Waals surface area contributed by atoms with E-state index >= 15 is 0 Å². The minimum absolute atomic E-state index is 0.0473. The fraction of sp³-hybridized carbons (Fsp3) is 0.361.